The maximum absolute atomic E-state index is 12.4. The van der Waals surface area contributed by atoms with Gasteiger partial charge in [0.1, 0.15) is 6.61 Å². The minimum Gasteiger partial charge on any atom is -0.480 e. The first-order valence-electron chi connectivity index (χ1n) is 11.1. The lowest BCUT2D eigenvalue weighted by Gasteiger charge is -2.20. The second-order valence-corrected chi connectivity index (χ2v) is 8.31. The van der Waals surface area contributed by atoms with E-state index in [2.05, 4.69) is 17.4 Å². The highest BCUT2D eigenvalue weighted by atomic mass is 16.6. The molecule has 6 heteroatoms. The SMILES string of the molecule is O=C(N[C@@H](COC1CCCCCC1)C(=O)O)OCC1c2ccccc2-c2ccccc21. The van der Waals surface area contributed by atoms with Crippen LogP contribution in [0, 0.1) is 0 Å². The molecule has 0 heterocycles. The lowest BCUT2D eigenvalue weighted by molar-refractivity contribution is -0.141. The van der Waals surface area contributed by atoms with E-state index >= 15 is 0 Å². The molecule has 2 aromatic rings. The van der Waals surface area contributed by atoms with Crippen LogP contribution < -0.4 is 5.32 Å². The fraction of sp³-hybridized carbons (Fsp3) is 0.440. The monoisotopic (exact) mass is 423 g/mol. The molecule has 2 aliphatic rings. The quantitative estimate of drug-likeness (QED) is 0.630. The Labute approximate surface area is 182 Å². The van der Waals surface area contributed by atoms with E-state index in [0.29, 0.717) is 0 Å². The van der Waals surface area contributed by atoms with Crippen LogP contribution in [0.2, 0.25) is 0 Å². The van der Waals surface area contributed by atoms with Crippen LogP contribution in [0.15, 0.2) is 48.5 Å². The van der Waals surface area contributed by atoms with Gasteiger partial charge in [0.15, 0.2) is 6.04 Å². The Morgan fingerprint density at radius 3 is 2.10 bits per heavy atom. The molecule has 0 bridgehead atoms. The van der Waals surface area contributed by atoms with Crippen LogP contribution in [0.4, 0.5) is 4.79 Å². The van der Waals surface area contributed by atoms with Crippen molar-refractivity contribution in [1.29, 1.82) is 0 Å². The zero-order valence-corrected chi connectivity index (χ0v) is 17.6. The number of rotatable bonds is 7. The van der Waals surface area contributed by atoms with E-state index in [0.717, 1.165) is 47.9 Å². The first kappa shape index (κ1) is 21.4. The molecular formula is C25H29NO5. The van der Waals surface area contributed by atoms with Gasteiger partial charge >= 0.3 is 12.1 Å². The van der Waals surface area contributed by atoms with Gasteiger partial charge in [0.2, 0.25) is 0 Å². The molecule has 1 atom stereocenters. The second-order valence-electron chi connectivity index (χ2n) is 8.31. The minimum absolute atomic E-state index is 0.0514. The lowest BCUT2D eigenvalue weighted by Crippen LogP contribution is -2.45. The molecule has 2 N–H and O–H groups in total. The Bertz CT molecular complexity index is 874. The predicted octanol–water partition coefficient (Wildman–Crippen LogP) is 4.72. The van der Waals surface area contributed by atoms with Gasteiger partial charge in [-0.1, -0.05) is 74.2 Å². The van der Waals surface area contributed by atoms with Crippen molar-refractivity contribution >= 4 is 12.1 Å². The molecule has 31 heavy (non-hydrogen) atoms. The van der Waals surface area contributed by atoms with Crippen molar-refractivity contribution in [3.63, 3.8) is 0 Å². The summed E-state index contributed by atoms with van der Waals surface area (Å²) in [4.78, 5) is 24.0. The molecule has 0 unspecified atom stereocenters. The molecule has 4 rings (SSSR count). The first-order valence-corrected chi connectivity index (χ1v) is 11.1. The Kier molecular flexibility index (Phi) is 6.87. The van der Waals surface area contributed by atoms with Gasteiger partial charge in [-0.05, 0) is 35.1 Å². The highest BCUT2D eigenvalue weighted by Gasteiger charge is 2.30. The second kappa shape index (κ2) is 9.96. The van der Waals surface area contributed by atoms with Gasteiger partial charge in [0.05, 0.1) is 12.7 Å². The van der Waals surface area contributed by atoms with Gasteiger partial charge in [0, 0.05) is 5.92 Å². The summed E-state index contributed by atoms with van der Waals surface area (Å²) in [5.41, 5.74) is 4.52. The molecule has 1 saturated carbocycles. The van der Waals surface area contributed by atoms with E-state index in [1.165, 1.54) is 12.8 Å². The van der Waals surface area contributed by atoms with Gasteiger partial charge < -0.3 is 19.9 Å². The molecule has 2 aliphatic carbocycles. The normalized spacial score (nSPS) is 17.3. The summed E-state index contributed by atoms with van der Waals surface area (Å²) < 4.78 is 11.3. The molecule has 0 aliphatic heterocycles. The number of amides is 1. The third kappa shape index (κ3) is 5.07. The van der Waals surface area contributed by atoms with Crippen LogP contribution in [-0.2, 0) is 14.3 Å². The largest absolute Gasteiger partial charge is 0.480 e. The van der Waals surface area contributed by atoms with Crippen molar-refractivity contribution in [2.75, 3.05) is 13.2 Å². The van der Waals surface area contributed by atoms with E-state index in [1.54, 1.807) is 0 Å². The number of carbonyl (C=O) groups is 2. The molecule has 0 saturated heterocycles. The molecular weight excluding hydrogens is 394 g/mol. The predicted molar refractivity (Wildman–Crippen MR) is 117 cm³/mol. The minimum atomic E-state index is -1.13. The van der Waals surface area contributed by atoms with E-state index in [4.69, 9.17) is 9.47 Å². The smallest absolute Gasteiger partial charge is 0.407 e. The van der Waals surface area contributed by atoms with Crippen LogP contribution in [0.3, 0.4) is 0 Å². The highest BCUT2D eigenvalue weighted by molar-refractivity contribution is 5.81. The fourth-order valence-corrected chi connectivity index (χ4v) is 4.60. The number of nitrogens with one attached hydrogen (secondary N) is 1. The van der Waals surface area contributed by atoms with Crippen LogP contribution in [-0.4, -0.2) is 42.5 Å². The molecule has 1 amide bonds. The topological polar surface area (TPSA) is 84.9 Å². The number of carbonyl (C=O) groups excluding carboxylic acids is 1. The lowest BCUT2D eigenvalue weighted by atomic mass is 9.98. The molecule has 0 aromatic heterocycles. The van der Waals surface area contributed by atoms with Crippen molar-refractivity contribution in [2.45, 2.75) is 56.6 Å². The zero-order chi connectivity index (χ0) is 21.6. The molecule has 6 nitrogen and oxygen atoms in total. The van der Waals surface area contributed by atoms with Crippen LogP contribution in [0.1, 0.15) is 55.6 Å². The first-order chi connectivity index (χ1) is 15.1. The molecule has 1 fully saturated rings. The van der Waals surface area contributed by atoms with Gasteiger partial charge in [-0.2, -0.15) is 0 Å². The summed E-state index contributed by atoms with van der Waals surface area (Å²) in [7, 11) is 0. The summed E-state index contributed by atoms with van der Waals surface area (Å²) in [5, 5.41) is 12.0. The van der Waals surface area contributed by atoms with Gasteiger partial charge in [-0.3, -0.25) is 0 Å². The summed E-state index contributed by atoms with van der Waals surface area (Å²) in [6, 6.07) is 15.0. The number of carboxylic acids is 1. The van der Waals surface area contributed by atoms with E-state index in [9.17, 15) is 14.7 Å². The van der Waals surface area contributed by atoms with E-state index < -0.39 is 18.1 Å². The van der Waals surface area contributed by atoms with E-state index in [1.807, 2.05) is 36.4 Å². The third-order valence-electron chi connectivity index (χ3n) is 6.23. The summed E-state index contributed by atoms with van der Waals surface area (Å²) >= 11 is 0. The van der Waals surface area contributed by atoms with Crippen molar-refractivity contribution in [1.82, 2.24) is 5.32 Å². The zero-order valence-electron chi connectivity index (χ0n) is 17.6. The van der Waals surface area contributed by atoms with Crippen molar-refractivity contribution in [3.8, 4) is 11.1 Å². The van der Waals surface area contributed by atoms with Crippen LogP contribution in [0.25, 0.3) is 11.1 Å². The number of hydrogen-bond acceptors (Lipinski definition) is 4. The Hall–Kier alpha value is -2.86. The maximum atomic E-state index is 12.4. The summed E-state index contributed by atoms with van der Waals surface area (Å²) in [6.07, 6.45) is 5.80. The number of hydrogen-bond donors (Lipinski definition) is 2. The standard InChI is InChI=1S/C25H29NO5/c27-24(28)23(16-30-17-9-3-1-2-4-10-17)26-25(29)31-15-22-20-13-7-5-11-18(20)19-12-6-8-14-21(19)22/h5-8,11-14,17,22-23H,1-4,9-10,15-16H2,(H,26,29)(H,27,28)/t23-/m0/s1. The van der Waals surface area contributed by atoms with Crippen molar-refractivity contribution in [3.05, 3.63) is 59.7 Å². The van der Waals surface area contributed by atoms with Crippen molar-refractivity contribution < 1.29 is 24.2 Å². The van der Waals surface area contributed by atoms with Gasteiger partial charge in [-0.25, -0.2) is 9.59 Å². The number of benzene rings is 2. The van der Waals surface area contributed by atoms with Crippen LogP contribution >= 0.6 is 0 Å². The highest BCUT2D eigenvalue weighted by Crippen LogP contribution is 2.44. The summed E-state index contributed by atoms with van der Waals surface area (Å²) in [5.74, 6) is -1.19. The van der Waals surface area contributed by atoms with Gasteiger partial charge in [-0.15, -0.1) is 0 Å². The number of ether oxygens (including phenoxy) is 2. The molecule has 2 aromatic carbocycles. The number of alkyl carbamates (subject to hydrolysis) is 1. The number of fused-ring (bicyclic) bond motifs is 3. The average Bonchev–Trinajstić information content (AvgIpc) is 2.91. The number of carboxylic acid groups (broad SMARTS) is 1. The fourth-order valence-electron chi connectivity index (χ4n) is 4.60. The molecule has 0 spiro atoms. The molecule has 164 valence electrons. The Morgan fingerprint density at radius 1 is 0.935 bits per heavy atom. The van der Waals surface area contributed by atoms with E-state index in [-0.39, 0.29) is 25.2 Å². The molecule has 0 radical (unpaired) electrons. The Morgan fingerprint density at radius 2 is 1.52 bits per heavy atom. The van der Waals surface area contributed by atoms with Gasteiger partial charge in [0.25, 0.3) is 0 Å². The third-order valence-corrected chi connectivity index (χ3v) is 6.23. The summed E-state index contributed by atoms with van der Waals surface area (Å²) in [6.45, 7) is 0.0971. The van der Waals surface area contributed by atoms with Crippen molar-refractivity contribution in [2.24, 2.45) is 0 Å². The maximum Gasteiger partial charge on any atom is 0.407 e. The number of aliphatic carboxylic acids is 1. The Balaban J connectivity index is 1.34. The average molecular weight is 424 g/mol. The van der Waals surface area contributed by atoms with Crippen LogP contribution in [0.5, 0.6) is 0 Å².